The summed E-state index contributed by atoms with van der Waals surface area (Å²) in [4.78, 5) is 65.7. The number of guanidine groups is 1. The lowest BCUT2D eigenvalue weighted by molar-refractivity contribution is -0.514. The lowest BCUT2D eigenvalue weighted by Gasteiger charge is -2.26. The number of aliphatic imine (C=N–C) groups is 1. The number of nitrogens with zero attached hydrogens (tertiary/aromatic N) is 3. The van der Waals surface area contributed by atoms with Gasteiger partial charge in [-0.2, -0.15) is 0 Å². The fourth-order valence-corrected chi connectivity index (χ4v) is 2.91. The minimum absolute atomic E-state index is 0.0870. The van der Waals surface area contributed by atoms with Crippen LogP contribution in [0.25, 0.3) is 0 Å². The Balaban J connectivity index is 3.10. The molecule has 0 radical (unpaired) electrons. The van der Waals surface area contributed by atoms with Crippen LogP contribution in [0.15, 0.2) is 29.3 Å². The first-order valence-electron chi connectivity index (χ1n) is 10.5. The summed E-state index contributed by atoms with van der Waals surface area (Å²) in [6, 6.07) is -0.805. The number of carbonyl (C=O) groups excluding carboxylic acids is 4. The molecule has 11 N–H and O–H groups in total. The van der Waals surface area contributed by atoms with Gasteiger partial charge in [-0.05, 0) is 51.0 Å². The first kappa shape index (κ1) is 28.9. The second-order valence-corrected chi connectivity index (χ2v) is 7.78. The standard InChI is InChI=1S/C20H31N9O6/c1-10(21)17(31)28(19(33)15(29(34)35)12-5-7-13(22)8-6-12)18(32)11(2)27-16(30)14(23)4-3-9-26-20(24)25/h5-8,10-11,14-15H,3-4,9,21-23H2,1-2H3,(H,27,30)(H4,24,25,26)/t10?,11-,14-,15-/m0/s1. The Hall–Kier alpha value is -4.11. The molecule has 0 heterocycles. The van der Waals surface area contributed by atoms with E-state index in [0.717, 1.165) is 0 Å². The van der Waals surface area contributed by atoms with Crippen LogP contribution < -0.4 is 34.0 Å². The van der Waals surface area contributed by atoms with E-state index in [0.29, 0.717) is 6.42 Å². The molecule has 0 spiro atoms. The number of nitrogen functional groups attached to an aromatic ring is 1. The van der Waals surface area contributed by atoms with Crippen LogP contribution in [0.2, 0.25) is 0 Å². The molecule has 4 atom stereocenters. The van der Waals surface area contributed by atoms with E-state index in [2.05, 4.69) is 10.3 Å². The Bertz CT molecular complexity index is 976. The number of carbonyl (C=O) groups is 4. The van der Waals surface area contributed by atoms with Crippen molar-refractivity contribution in [3.05, 3.63) is 39.9 Å². The normalized spacial score (nSPS) is 14.1. The molecule has 0 bridgehead atoms. The van der Waals surface area contributed by atoms with Gasteiger partial charge in [-0.25, -0.2) is 4.90 Å². The van der Waals surface area contributed by atoms with Crippen molar-refractivity contribution in [2.45, 2.75) is 50.9 Å². The molecule has 192 valence electrons. The van der Waals surface area contributed by atoms with E-state index in [9.17, 15) is 29.3 Å². The molecule has 1 unspecified atom stereocenters. The summed E-state index contributed by atoms with van der Waals surface area (Å²) >= 11 is 0. The van der Waals surface area contributed by atoms with Gasteiger partial charge in [0.25, 0.3) is 11.8 Å². The topological polar surface area (TPSA) is 269 Å². The number of nitrogens with two attached hydrogens (primary N) is 5. The zero-order valence-corrected chi connectivity index (χ0v) is 19.4. The van der Waals surface area contributed by atoms with Crippen molar-refractivity contribution in [1.29, 1.82) is 0 Å². The number of benzene rings is 1. The smallest absolute Gasteiger partial charge is 0.315 e. The second-order valence-electron chi connectivity index (χ2n) is 7.78. The van der Waals surface area contributed by atoms with Crippen LogP contribution in [0, 0.1) is 10.1 Å². The Morgan fingerprint density at radius 1 is 1.06 bits per heavy atom. The molecule has 0 aliphatic rings. The van der Waals surface area contributed by atoms with Gasteiger partial charge in [-0.3, -0.25) is 34.3 Å². The molecular weight excluding hydrogens is 462 g/mol. The zero-order valence-electron chi connectivity index (χ0n) is 19.4. The number of nitro groups is 1. The van der Waals surface area contributed by atoms with Crippen LogP contribution in [0.4, 0.5) is 5.69 Å². The quantitative estimate of drug-likeness (QED) is 0.0476. The maximum Gasteiger partial charge on any atom is 0.315 e. The number of imide groups is 3. The number of nitrogens with one attached hydrogen (secondary N) is 1. The number of anilines is 1. The molecule has 0 aromatic heterocycles. The van der Waals surface area contributed by atoms with E-state index in [1.165, 1.54) is 38.1 Å². The average Bonchev–Trinajstić information content (AvgIpc) is 2.77. The highest BCUT2D eigenvalue weighted by molar-refractivity contribution is 6.15. The van der Waals surface area contributed by atoms with Gasteiger partial charge in [0.15, 0.2) is 5.96 Å². The summed E-state index contributed by atoms with van der Waals surface area (Å²) in [6.07, 6.45) is 0.542. The molecule has 35 heavy (non-hydrogen) atoms. The minimum atomic E-state index is -2.09. The molecule has 15 heteroatoms. The third-order valence-corrected chi connectivity index (χ3v) is 4.78. The molecule has 0 saturated carbocycles. The Morgan fingerprint density at radius 2 is 1.63 bits per heavy atom. The van der Waals surface area contributed by atoms with Gasteiger partial charge < -0.3 is 34.0 Å². The first-order chi connectivity index (χ1) is 16.3. The SMILES string of the molecule is CC(N)C(=O)N(C(=O)[C@H](C)NC(=O)[C@@H](N)CCCN=C(N)N)C(=O)[C@H](c1ccc(N)cc1)[N+](=O)[O-]. The Labute approximate surface area is 201 Å². The van der Waals surface area contributed by atoms with E-state index in [1.807, 2.05) is 0 Å². The van der Waals surface area contributed by atoms with Gasteiger partial charge >= 0.3 is 11.9 Å². The van der Waals surface area contributed by atoms with Crippen LogP contribution in [0.3, 0.4) is 0 Å². The molecule has 1 aromatic carbocycles. The maximum absolute atomic E-state index is 13.1. The van der Waals surface area contributed by atoms with Crippen LogP contribution in [0.5, 0.6) is 0 Å². The zero-order chi connectivity index (χ0) is 26.9. The van der Waals surface area contributed by atoms with Crippen molar-refractivity contribution in [3.63, 3.8) is 0 Å². The fraction of sp³-hybridized carbons (Fsp3) is 0.450. The lowest BCUT2D eigenvalue weighted by atomic mass is 10.0. The highest BCUT2D eigenvalue weighted by Crippen LogP contribution is 2.22. The monoisotopic (exact) mass is 493 g/mol. The van der Waals surface area contributed by atoms with Gasteiger partial charge in [0.05, 0.1) is 12.1 Å². The van der Waals surface area contributed by atoms with E-state index in [-0.39, 0.29) is 35.1 Å². The van der Waals surface area contributed by atoms with E-state index < -0.39 is 52.7 Å². The second kappa shape index (κ2) is 13.0. The van der Waals surface area contributed by atoms with Crippen molar-refractivity contribution >= 4 is 35.3 Å². The number of rotatable bonds is 11. The molecular formula is C20H31N9O6. The first-order valence-corrected chi connectivity index (χ1v) is 10.5. The maximum atomic E-state index is 13.1. The molecule has 1 rings (SSSR count). The van der Waals surface area contributed by atoms with Crippen molar-refractivity contribution < 1.29 is 24.1 Å². The van der Waals surface area contributed by atoms with Gasteiger partial charge in [-0.1, -0.05) is 0 Å². The van der Waals surface area contributed by atoms with E-state index in [4.69, 9.17) is 28.7 Å². The predicted octanol–water partition coefficient (Wildman–Crippen LogP) is -2.30. The third-order valence-electron chi connectivity index (χ3n) is 4.78. The molecule has 15 nitrogen and oxygen atoms in total. The lowest BCUT2D eigenvalue weighted by Crippen LogP contribution is -2.58. The molecule has 0 aliphatic carbocycles. The summed E-state index contributed by atoms with van der Waals surface area (Å²) in [7, 11) is 0. The highest BCUT2D eigenvalue weighted by Gasteiger charge is 2.44. The van der Waals surface area contributed by atoms with Crippen LogP contribution in [-0.2, 0) is 19.2 Å². The molecule has 0 aliphatic heterocycles. The van der Waals surface area contributed by atoms with E-state index in [1.54, 1.807) is 0 Å². The van der Waals surface area contributed by atoms with Gasteiger partial charge in [-0.15, -0.1) is 0 Å². The molecule has 0 fully saturated rings. The van der Waals surface area contributed by atoms with Crippen LogP contribution in [-0.4, -0.2) is 64.1 Å². The average molecular weight is 494 g/mol. The Morgan fingerprint density at radius 3 is 2.11 bits per heavy atom. The van der Waals surface area contributed by atoms with Crippen LogP contribution >= 0.6 is 0 Å². The summed E-state index contributed by atoms with van der Waals surface area (Å²) < 4.78 is 0. The summed E-state index contributed by atoms with van der Waals surface area (Å²) in [5, 5.41) is 14.0. The summed E-state index contributed by atoms with van der Waals surface area (Å²) in [5.41, 5.74) is 27.6. The van der Waals surface area contributed by atoms with Crippen molar-refractivity contribution in [1.82, 2.24) is 10.2 Å². The minimum Gasteiger partial charge on any atom is -0.399 e. The highest BCUT2D eigenvalue weighted by atomic mass is 16.6. The Kier molecular flexibility index (Phi) is 10.7. The molecule has 0 saturated heterocycles. The number of amides is 4. The van der Waals surface area contributed by atoms with Crippen molar-refractivity contribution in [2.75, 3.05) is 12.3 Å². The van der Waals surface area contributed by atoms with Gasteiger partial charge in [0.1, 0.15) is 6.04 Å². The number of hydrogen-bond donors (Lipinski definition) is 6. The summed E-state index contributed by atoms with van der Waals surface area (Å²) in [6.45, 7) is 2.64. The van der Waals surface area contributed by atoms with Gasteiger partial charge in [0.2, 0.25) is 5.91 Å². The predicted molar refractivity (Wildman–Crippen MR) is 127 cm³/mol. The van der Waals surface area contributed by atoms with Crippen LogP contribution in [0.1, 0.15) is 38.3 Å². The fourth-order valence-electron chi connectivity index (χ4n) is 2.91. The largest absolute Gasteiger partial charge is 0.399 e. The van der Waals surface area contributed by atoms with Crippen molar-refractivity contribution in [2.24, 2.45) is 27.9 Å². The van der Waals surface area contributed by atoms with E-state index >= 15 is 0 Å². The molecule has 1 aromatic rings. The number of hydrogen-bond acceptors (Lipinski definition) is 10. The summed E-state index contributed by atoms with van der Waals surface area (Å²) in [5.74, 6) is -4.68. The van der Waals surface area contributed by atoms with Crippen molar-refractivity contribution in [3.8, 4) is 0 Å². The third kappa shape index (κ3) is 8.31. The van der Waals surface area contributed by atoms with Gasteiger partial charge in [0, 0.05) is 22.7 Å². The molecule has 4 amide bonds.